The van der Waals surface area contributed by atoms with Crippen LogP contribution in [0.2, 0.25) is 0 Å². The Labute approximate surface area is 232 Å². The maximum absolute atomic E-state index is 14.4. The molecule has 0 radical (unpaired) electrons. The first-order chi connectivity index (χ1) is 18.4. The Morgan fingerprint density at radius 1 is 1.05 bits per heavy atom. The van der Waals surface area contributed by atoms with Crippen molar-refractivity contribution in [2.24, 2.45) is 5.92 Å². The summed E-state index contributed by atoms with van der Waals surface area (Å²) in [5, 5.41) is 16.6. The molecule has 39 heavy (non-hydrogen) atoms. The molecule has 1 aliphatic rings. The minimum Gasteiger partial charge on any atom is -0.508 e. The van der Waals surface area contributed by atoms with Crippen molar-refractivity contribution in [2.45, 2.75) is 97.0 Å². The number of benzene rings is 2. The van der Waals surface area contributed by atoms with Crippen molar-refractivity contribution in [3.63, 3.8) is 0 Å². The van der Waals surface area contributed by atoms with Crippen LogP contribution < -0.4 is 10.6 Å². The summed E-state index contributed by atoms with van der Waals surface area (Å²) >= 11 is 0. The summed E-state index contributed by atoms with van der Waals surface area (Å²) in [6.45, 7) is 11.3. The van der Waals surface area contributed by atoms with Gasteiger partial charge in [0, 0.05) is 24.1 Å². The smallest absolute Gasteiger partial charge is 0.408 e. The quantitative estimate of drug-likeness (QED) is 0.369. The predicted octanol–water partition coefficient (Wildman–Crippen LogP) is 5.11. The summed E-state index contributed by atoms with van der Waals surface area (Å²) in [6.07, 6.45) is 1.91. The van der Waals surface area contributed by atoms with Gasteiger partial charge in [-0.15, -0.1) is 0 Å². The molecule has 0 spiro atoms. The van der Waals surface area contributed by atoms with Crippen LogP contribution in [0.25, 0.3) is 0 Å². The van der Waals surface area contributed by atoms with Gasteiger partial charge in [0.2, 0.25) is 11.8 Å². The van der Waals surface area contributed by atoms with E-state index in [1.807, 2.05) is 51.1 Å². The second-order valence-corrected chi connectivity index (χ2v) is 11.6. The van der Waals surface area contributed by atoms with Gasteiger partial charge in [0.05, 0.1) is 0 Å². The maximum atomic E-state index is 14.4. The molecule has 212 valence electrons. The normalized spacial score (nSPS) is 18.8. The highest BCUT2D eigenvalue weighted by molar-refractivity contribution is 5.93. The molecule has 2 aromatic rings. The van der Waals surface area contributed by atoms with Crippen LogP contribution in [0.15, 0.2) is 54.6 Å². The van der Waals surface area contributed by atoms with E-state index in [9.17, 15) is 19.5 Å². The lowest BCUT2D eigenvalue weighted by Gasteiger charge is -2.36. The molecule has 2 aromatic carbocycles. The number of alkyl carbamates (subject to hydrolysis) is 1. The topological polar surface area (TPSA) is 108 Å². The lowest BCUT2D eigenvalue weighted by molar-refractivity contribution is -0.143. The fourth-order valence-electron chi connectivity index (χ4n) is 4.81. The summed E-state index contributed by atoms with van der Waals surface area (Å²) in [6, 6.07) is 13.7. The zero-order valence-corrected chi connectivity index (χ0v) is 23.9. The van der Waals surface area contributed by atoms with Gasteiger partial charge in [-0.25, -0.2) is 4.79 Å². The number of nitrogens with one attached hydrogen (secondary N) is 2. The molecule has 1 fully saturated rings. The van der Waals surface area contributed by atoms with Crippen LogP contribution in [0.4, 0.5) is 4.79 Å². The Balaban J connectivity index is 2.04. The minimum absolute atomic E-state index is 0.0633. The number of phenolic OH excluding ortho intramolecular Hbond substituents is 1. The third-order valence-electron chi connectivity index (χ3n) is 6.82. The Morgan fingerprint density at radius 3 is 2.23 bits per heavy atom. The Hall–Kier alpha value is -3.55. The van der Waals surface area contributed by atoms with Gasteiger partial charge >= 0.3 is 6.09 Å². The van der Waals surface area contributed by atoms with Gasteiger partial charge in [0.1, 0.15) is 23.4 Å². The van der Waals surface area contributed by atoms with Gasteiger partial charge in [-0.2, -0.15) is 0 Å². The number of aromatic hydroxyl groups is 1. The number of hydrogen-bond acceptors (Lipinski definition) is 5. The third-order valence-corrected chi connectivity index (χ3v) is 6.82. The second kappa shape index (κ2) is 13.0. The largest absolute Gasteiger partial charge is 0.508 e. The Morgan fingerprint density at radius 2 is 1.67 bits per heavy atom. The van der Waals surface area contributed by atoms with Gasteiger partial charge in [-0.3, -0.25) is 9.59 Å². The minimum atomic E-state index is -1.06. The molecule has 3 rings (SSSR count). The van der Waals surface area contributed by atoms with E-state index in [4.69, 9.17) is 4.74 Å². The van der Waals surface area contributed by atoms with Crippen LogP contribution in [0.5, 0.6) is 5.75 Å². The predicted molar refractivity (Wildman–Crippen MR) is 151 cm³/mol. The lowest BCUT2D eigenvalue weighted by atomic mass is 9.98. The first-order valence-electron chi connectivity index (χ1n) is 13.8. The molecule has 0 bridgehead atoms. The van der Waals surface area contributed by atoms with Gasteiger partial charge in [-0.1, -0.05) is 68.8 Å². The molecule has 3 N–H and O–H groups in total. The number of rotatable bonds is 11. The molecule has 8 heteroatoms. The van der Waals surface area contributed by atoms with Crippen molar-refractivity contribution < 1.29 is 24.2 Å². The number of nitrogens with zero attached hydrogens (tertiary/aromatic N) is 1. The highest BCUT2D eigenvalue weighted by Crippen LogP contribution is 2.42. The van der Waals surface area contributed by atoms with Crippen molar-refractivity contribution in [1.29, 1.82) is 0 Å². The summed E-state index contributed by atoms with van der Waals surface area (Å²) in [5.74, 6) is -0.653. The van der Waals surface area contributed by atoms with E-state index in [1.165, 1.54) is 6.07 Å². The molecule has 0 saturated heterocycles. The SMILES string of the molecule is CCCC(C)NC(=O)C(c1ccccc1O)N(C(=O)C(Cc1ccccc1)NC(=O)OC(C)(C)C)C1CC1C. The van der Waals surface area contributed by atoms with Gasteiger partial charge < -0.3 is 25.4 Å². The molecular formula is C31H43N3O5. The first kappa shape index (κ1) is 30.0. The van der Waals surface area contributed by atoms with Crippen LogP contribution in [-0.4, -0.2) is 51.6 Å². The summed E-state index contributed by atoms with van der Waals surface area (Å²) in [7, 11) is 0. The number of ether oxygens (including phenoxy) is 1. The van der Waals surface area contributed by atoms with Crippen molar-refractivity contribution >= 4 is 17.9 Å². The van der Waals surface area contributed by atoms with Crippen molar-refractivity contribution in [3.8, 4) is 5.75 Å². The first-order valence-corrected chi connectivity index (χ1v) is 13.8. The Bertz CT molecular complexity index is 1130. The van der Waals surface area contributed by atoms with Gasteiger partial charge in [-0.05, 0) is 58.1 Å². The maximum Gasteiger partial charge on any atom is 0.408 e. The fraction of sp³-hybridized carbons (Fsp3) is 0.516. The van der Waals surface area contributed by atoms with Gasteiger partial charge in [0.25, 0.3) is 0 Å². The molecule has 5 unspecified atom stereocenters. The summed E-state index contributed by atoms with van der Waals surface area (Å²) in [4.78, 5) is 42.7. The average Bonchev–Trinajstić information content (AvgIpc) is 3.57. The second-order valence-electron chi connectivity index (χ2n) is 11.6. The van der Waals surface area contributed by atoms with Crippen molar-refractivity contribution in [3.05, 3.63) is 65.7 Å². The fourth-order valence-corrected chi connectivity index (χ4v) is 4.81. The number of phenols is 1. The van der Waals surface area contributed by atoms with Crippen LogP contribution in [0.3, 0.4) is 0 Å². The number of para-hydroxylation sites is 1. The van der Waals surface area contributed by atoms with E-state index in [0.717, 1.165) is 24.8 Å². The zero-order valence-electron chi connectivity index (χ0n) is 23.9. The van der Waals surface area contributed by atoms with Crippen LogP contribution in [0, 0.1) is 5.92 Å². The summed E-state index contributed by atoms with van der Waals surface area (Å²) in [5.41, 5.74) is 0.459. The van der Waals surface area contributed by atoms with E-state index in [-0.39, 0.29) is 36.1 Å². The molecular weight excluding hydrogens is 494 g/mol. The number of carbonyl (C=O) groups excluding carboxylic acids is 3. The number of hydrogen-bond donors (Lipinski definition) is 3. The highest BCUT2D eigenvalue weighted by atomic mass is 16.6. The molecule has 1 saturated carbocycles. The van der Waals surface area contributed by atoms with E-state index >= 15 is 0 Å². The van der Waals surface area contributed by atoms with E-state index in [0.29, 0.717) is 5.56 Å². The van der Waals surface area contributed by atoms with Crippen LogP contribution in [0.1, 0.15) is 78.0 Å². The summed E-state index contributed by atoms with van der Waals surface area (Å²) < 4.78 is 5.48. The third kappa shape index (κ3) is 8.47. The average molecular weight is 538 g/mol. The molecule has 3 amide bonds. The van der Waals surface area contributed by atoms with Gasteiger partial charge in [0.15, 0.2) is 0 Å². The molecule has 0 aromatic heterocycles. The number of carbonyl (C=O) groups is 3. The van der Waals surface area contributed by atoms with Crippen LogP contribution in [-0.2, 0) is 20.7 Å². The van der Waals surface area contributed by atoms with Crippen LogP contribution >= 0.6 is 0 Å². The Kier molecular flexibility index (Phi) is 10.0. The van der Waals surface area contributed by atoms with E-state index in [1.54, 1.807) is 43.9 Å². The molecule has 0 heterocycles. The lowest BCUT2D eigenvalue weighted by Crippen LogP contribution is -2.55. The van der Waals surface area contributed by atoms with E-state index < -0.39 is 29.7 Å². The monoisotopic (exact) mass is 537 g/mol. The van der Waals surface area contributed by atoms with Crippen molar-refractivity contribution in [2.75, 3.05) is 0 Å². The highest BCUT2D eigenvalue weighted by Gasteiger charge is 2.48. The van der Waals surface area contributed by atoms with Crippen molar-refractivity contribution in [1.82, 2.24) is 15.5 Å². The molecule has 1 aliphatic carbocycles. The standard InChI is InChI=1S/C31H43N3O5/c1-7-13-21(3)32-28(36)27(23-16-11-12-17-26(23)35)34(25-18-20(25)2)29(37)24(19-22-14-9-8-10-15-22)33-30(38)39-31(4,5)6/h8-12,14-17,20-21,24-25,27,35H,7,13,18-19H2,1-6H3,(H,32,36)(H,33,38). The van der Waals surface area contributed by atoms with E-state index in [2.05, 4.69) is 10.6 Å². The zero-order chi connectivity index (χ0) is 28.7. The number of amides is 3. The molecule has 8 nitrogen and oxygen atoms in total. The molecule has 5 atom stereocenters. The molecule has 0 aliphatic heterocycles.